The summed E-state index contributed by atoms with van der Waals surface area (Å²) in [5.74, 6) is 0.578. The molecule has 1 heterocycles. The van der Waals surface area contributed by atoms with E-state index in [4.69, 9.17) is 5.73 Å². The number of carbonyl (C=O) groups excluding carboxylic acids is 1. The van der Waals surface area contributed by atoms with Crippen molar-refractivity contribution in [1.82, 2.24) is 15.2 Å². The van der Waals surface area contributed by atoms with Crippen LogP contribution >= 0.6 is 40.7 Å². The number of nitrogen functional groups attached to an aromatic ring is 1. The summed E-state index contributed by atoms with van der Waals surface area (Å²) in [7, 11) is 0. The van der Waals surface area contributed by atoms with E-state index in [1.165, 1.54) is 6.33 Å². The second kappa shape index (κ2) is 8.86. The van der Waals surface area contributed by atoms with Crippen LogP contribution in [0.15, 0.2) is 22.9 Å². The minimum Gasteiger partial charge on any atom is -0.397 e. The molecule has 0 radical (unpaired) electrons. The summed E-state index contributed by atoms with van der Waals surface area (Å²) < 4.78 is 0.879. The molecule has 1 amide bonds. The molecule has 0 aliphatic rings. The third kappa shape index (κ3) is 5.53. The Balaban J connectivity index is 0.00000200. The van der Waals surface area contributed by atoms with Gasteiger partial charge in [-0.05, 0) is 24.6 Å². The zero-order valence-electron chi connectivity index (χ0n) is 11.2. The molecule has 21 heavy (non-hydrogen) atoms. The molecule has 9 heteroatoms. The van der Waals surface area contributed by atoms with Gasteiger partial charge in [0.05, 0.1) is 11.4 Å². The van der Waals surface area contributed by atoms with Gasteiger partial charge in [0.1, 0.15) is 12.2 Å². The molecule has 2 aromatic rings. The Labute approximate surface area is 143 Å². The highest BCUT2D eigenvalue weighted by Gasteiger charge is 2.09. The molecule has 1 aromatic heterocycles. The Morgan fingerprint density at radius 1 is 1.43 bits per heavy atom. The average molecular weight is 397 g/mol. The van der Waals surface area contributed by atoms with E-state index in [2.05, 4.69) is 36.4 Å². The summed E-state index contributed by atoms with van der Waals surface area (Å²) in [6, 6.07) is 3.69. The number of carbonyl (C=O) groups is 1. The van der Waals surface area contributed by atoms with Gasteiger partial charge in [0.2, 0.25) is 5.91 Å². The van der Waals surface area contributed by atoms with E-state index in [1.807, 2.05) is 13.0 Å². The number of aryl methyl sites for hydroxylation is 2. The molecule has 116 valence electrons. The van der Waals surface area contributed by atoms with Gasteiger partial charge in [0, 0.05) is 17.3 Å². The minimum atomic E-state index is -0.111. The third-order valence-corrected chi connectivity index (χ3v) is 3.14. The topological polar surface area (TPSA) is 96.7 Å². The lowest BCUT2D eigenvalue weighted by molar-refractivity contribution is -0.116. The first kappa shape index (κ1) is 19.7. The van der Waals surface area contributed by atoms with Gasteiger partial charge >= 0.3 is 0 Å². The molecule has 2 rings (SSSR count). The predicted octanol–water partition coefficient (Wildman–Crippen LogP) is 2.87. The molecule has 6 nitrogen and oxygen atoms in total. The number of aromatic nitrogens is 3. The second-order valence-corrected chi connectivity index (χ2v) is 5.08. The number of hydrogen-bond acceptors (Lipinski definition) is 4. The number of benzene rings is 1. The van der Waals surface area contributed by atoms with Crippen molar-refractivity contribution >= 4 is 58.0 Å². The summed E-state index contributed by atoms with van der Waals surface area (Å²) in [4.78, 5) is 15.8. The van der Waals surface area contributed by atoms with Gasteiger partial charge < -0.3 is 11.1 Å². The molecule has 0 spiro atoms. The molecule has 0 saturated carbocycles. The number of anilines is 2. The minimum absolute atomic E-state index is 0. The molecule has 0 aliphatic carbocycles. The first-order valence-electron chi connectivity index (χ1n) is 5.76. The van der Waals surface area contributed by atoms with E-state index < -0.39 is 0 Å². The summed E-state index contributed by atoms with van der Waals surface area (Å²) in [5.41, 5.74) is 8.04. The first-order valence-corrected chi connectivity index (χ1v) is 6.55. The van der Waals surface area contributed by atoms with Gasteiger partial charge in [-0.2, -0.15) is 5.10 Å². The SMILES string of the molecule is Cc1cc(Br)cc(NC(=O)CCc2ncn[nH]2)c1N.Cl.Cl. The lowest BCUT2D eigenvalue weighted by Crippen LogP contribution is -2.14. The lowest BCUT2D eigenvalue weighted by atomic mass is 10.1. The average Bonchev–Trinajstić information content (AvgIpc) is 2.86. The van der Waals surface area contributed by atoms with Gasteiger partial charge in [-0.25, -0.2) is 4.98 Å². The van der Waals surface area contributed by atoms with E-state index >= 15 is 0 Å². The van der Waals surface area contributed by atoms with Crippen molar-refractivity contribution in [2.24, 2.45) is 0 Å². The molecule has 1 aromatic carbocycles. The van der Waals surface area contributed by atoms with Crippen LogP contribution in [0, 0.1) is 6.92 Å². The number of rotatable bonds is 4. The Morgan fingerprint density at radius 2 is 2.14 bits per heavy atom. The normalized spacial score (nSPS) is 9.43. The van der Waals surface area contributed by atoms with Crippen molar-refractivity contribution < 1.29 is 4.79 Å². The number of H-pyrrole nitrogens is 1. The Morgan fingerprint density at radius 3 is 2.76 bits per heavy atom. The zero-order chi connectivity index (χ0) is 13.8. The maximum atomic E-state index is 11.8. The van der Waals surface area contributed by atoms with Crippen LogP contribution in [0.5, 0.6) is 0 Å². The van der Waals surface area contributed by atoms with Crippen LogP contribution in [0.1, 0.15) is 17.8 Å². The van der Waals surface area contributed by atoms with Crippen LogP contribution in [0.25, 0.3) is 0 Å². The zero-order valence-corrected chi connectivity index (χ0v) is 14.4. The van der Waals surface area contributed by atoms with Crippen LogP contribution in [0.2, 0.25) is 0 Å². The van der Waals surface area contributed by atoms with Gasteiger partial charge in [0.15, 0.2) is 0 Å². The van der Waals surface area contributed by atoms with Crippen LogP contribution in [0.4, 0.5) is 11.4 Å². The number of nitrogens with one attached hydrogen (secondary N) is 2. The van der Waals surface area contributed by atoms with Crippen LogP contribution in [-0.2, 0) is 11.2 Å². The standard InChI is InChI=1S/C12H14BrN5O.2ClH/c1-7-4-8(13)5-9(12(7)14)17-11(19)3-2-10-15-6-16-18-10;;/h4-6H,2-3,14H2,1H3,(H,17,19)(H,15,16,18);2*1H. The Kier molecular flexibility index (Phi) is 8.31. The first-order chi connectivity index (χ1) is 9.06. The van der Waals surface area contributed by atoms with Gasteiger partial charge in [-0.15, -0.1) is 24.8 Å². The van der Waals surface area contributed by atoms with E-state index in [0.717, 1.165) is 10.0 Å². The fourth-order valence-corrected chi connectivity index (χ4v) is 2.23. The van der Waals surface area contributed by atoms with Crippen molar-refractivity contribution in [2.75, 3.05) is 11.1 Å². The van der Waals surface area contributed by atoms with Crippen molar-refractivity contribution in [3.05, 3.63) is 34.3 Å². The third-order valence-electron chi connectivity index (χ3n) is 2.68. The number of nitrogens with two attached hydrogens (primary N) is 1. The number of amides is 1. The van der Waals surface area contributed by atoms with Gasteiger partial charge in [-0.1, -0.05) is 15.9 Å². The Bertz CT molecular complexity index is 592. The monoisotopic (exact) mass is 395 g/mol. The Hall–Kier alpha value is -1.31. The van der Waals surface area contributed by atoms with E-state index in [0.29, 0.717) is 30.0 Å². The molecule has 0 aliphatic heterocycles. The summed E-state index contributed by atoms with van der Waals surface area (Å²) in [6.45, 7) is 1.89. The quantitative estimate of drug-likeness (QED) is 0.692. The van der Waals surface area contributed by atoms with Crippen molar-refractivity contribution in [3.63, 3.8) is 0 Å². The molecule has 4 N–H and O–H groups in total. The highest BCUT2D eigenvalue weighted by atomic mass is 79.9. The van der Waals surface area contributed by atoms with Crippen molar-refractivity contribution in [1.29, 1.82) is 0 Å². The smallest absolute Gasteiger partial charge is 0.224 e. The van der Waals surface area contributed by atoms with Crippen LogP contribution in [0.3, 0.4) is 0 Å². The molecular formula is C12H16BrCl2N5O. The highest BCUT2D eigenvalue weighted by molar-refractivity contribution is 9.10. The van der Waals surface area contributed by atoms with Gasteiger partial charge in [-0.3, -0.25) is 9.89 Å². The largest absolute Gasteiger partial charge is 0.397 e. The van der Waals surface area contributed by atoms with E-state index in [-0.39, 0.29) is 30.7 Å². The molecule has 0 fully saturated rings. The summed E-state index contributed by atoms with van der Waals surface area (Å²) in [5, 5.41) is 9.24. The summed E-state index contributed by atoms with van der Waals surface area (Å²) in [6.07, 6.45) is 2.25. The predicted molar refractivity (Wildman–Crippen MR) is 91.1 cm³/mol. The van der Waals surface area contributed by atoms with E-state index in [9.17, 15) is 4.79 Å². The number of hydrogen-bond donors (Lipinski definition) is 3. The molecule has 0 unspecified atom stereocenters. The van der Waals surface area contributed by atoms with Gasteiger partial charge in [0.25, 0.3) is 0 Å². The highest BCUT2D eigenvalue weighted by Crippen LogP contribution is 2.27. The molecule has 0 saturated heterocycles. The number of aromatic amines is 1. The number of halogens is 3. The molecular weight excluding hydrogens is 381 g/mol. The maximum Gasteiger partial charge on any atom is 0.224 e. The van der Waals surface area contributed by atoms with Crippen molar-refractivity contribution in [3.8, 4) is 0 Å². The lowest BCUT2D eigenvalue weighted by Gasteiger charge is -2.10. The fourth-order valence-electron chi connectivity index (χ4n) is 1.65. The fraction of sp³-hybridized carbons (Fsp3) is 0.250. The molecule has 0 atom stereocenters. The van der Waals surface area contributed by atoms with Crippen molar-refractivity contribution in [2.45, 2.75) is 19.8 Å². The molecule has 0 bridgehead atoms. The van der Waals surface area contributed by atoms with Crippen LogP contribution < -0.4 is 11.1 Å². The summed E-state index contributed by atoms with van der Waals surface area (Å²) >= 11 is 3.38. The second-order valence-electron chi connectivity index (χ2n) is 4.16. The number of nitrogens with zero attached hydrogens (tertiary/aromatic N) is 2. The maximum absolute atomic E-state index is 11.8. The van der Waals surface area contributed by atoms with E-state index in [1.54, 1.807) is 6.07 Å². The van der Waals surface area contributed by atoms with Crippen LogP contribution in [-0.4, -0.2) is 21.1 Å².